The van der Waals surface area contributed by atoms with E-state index in [9.17, 15) is 50.0 Å². The van der Waals surface area contributed by atoms with E-state index in [0.717, 1.165) is 12.1 Å². The van der Waals surface area contributed by atoms with Gasteiger partial charge in [0, 0.05) is 23.3 Å². The fourth-order valence-electron chi connectivity index (χ4n) is 3.28. The summed E-state index contributed by atoms with van der Waals surface area (Å²) in [5.41, 5.74) is -3.81. The Morgan fingerprint density at radius 3 is 1.16 bits per heavy atom. The van der Waals surface area contributed by atoms with Crippen molar-refractivity contribution >= 4 is 34.7 Å². The van der Waals surface area contributed by atoms with Crippen molar-refractivity contribution in [3.8, 4) is 11.5 Å². The molecule has 3 aromatic rings. The van der Waals surface area contributed by atoms with Crippen LogP contribution in [0.5, 0.6) is 11.5 Å². The van der Waals surface area contributed by atoms with Gasteiger partial charge in [-0.2, -0.15) is 0 Å². The van der Waals surface area contributed by atoms with Crippen molar-refractivity contribution in [1.29, 1.82) is 0 Å². The molecule has 3 rings (SSSR count). The van der Waals surface area contributed by atoms with Gasteiger partial charge in [0.2, 0.25) is 0 Å². The number of hydrogen-bond acceptors (Lipinski definition) is 12. The van der Waals surface area contributed by atoms with Crippen LogP contribution in [0.3, 0.4) is 0 Å². The highest BCUT2D eigenvalue weighted by atomic mass is 16.6. The summed E-state index contributed by atoms with van der Waals surface area (Å²) in [5, 5.41) is 44.6. The molecular formula is C22H14N4O12. The van der Waals surface area contributed by atoms with E-state index in [4.69, 9.17) is 9.47 Å². The molecule has 0 aliphatic carbocycles. The summed E-state index contributed by atoms with van der Waals surface area (Å²) in [7, 11) is 0. The Bertz CT molecular complexity index is 1420. The first kappa shape index (κ1) is 26.8. The molecule has 194 valence electrons. The first-order valence-electron chi connectivity index (χ1n) is 10.2. The number of non-ortho nitro benzene ring substituents is 2. The Morgan fingerprint density at radius 1 is 0.579 bits per heavy atom. The second kappa shape index (κ2) is 10.4. The fourth-order valence-corrected chi connectivity index (χ4v) is 3.28. The fraction of sp³-hybridized carbons (Fsp3) is 0.0909. The van der Waals surface area contributed by atoms with Gasteiger partial charge in [0.25, 0.3) is 22.7 Å². The molecule has 0 amide bonds. The van der Waals surface area contributed by atoms with Crippen LogP contribution in [0.2, 0.25) is 0 Å². The SMILES string of the molecule is Cc1c(C(=O)Oc2ccc(OC(=O)c3cc([N+](=O)[O-])cc([N+](=O)[O-])c3C)cc2)cc([N+](=O)[O-])cc1[N+](=O)[O-]. The average Bonchev–Trinajstić information content (AvgIpc) is 2.84. The Morgan fingerprint density at radius 2 is 0.895 bits per heavy atom. The molecule has 0 saturated heterocycles. The number of esters is 2. The lowest BCUT2D eigenvalue weighted by Crippen LogP contribution is -2.13. The Kier molecular flexibility index (Phi) is 7.36. The van der Waals surface area contributed by atoms with Crippen molar-refractivity contribution in [3.63, 3.8) is 0 Å². The molecule has 0 N–H and O–H groups in total. The van der Waals surface area contributed by atoms with Gasteiger partial charge in [-0.15, -0.1) is 0 Å². The van der Waals surface area contributed by atoms with E-state index in [2.05, 4.69) is 0 Å². The zero-order valence-electron chi connectivity index (χ0n) is 19.3. The van der Waals surface area contributed by atoms with Crippen molar-refractivity contribution in [3.05, 3.63) is 111 Å². The van der Waals surface area contributed by atoms with Gasteiger partial charge in [-0.1, -0.05) is 0 Å². The van der Waals surface area contributed by atoms with E-state index in [-0.39, 0.29) is 22.6 Å². The molecule has 38 heavy (non-hydrogen) atoms. The molecule has 0 spiro atoms. The van der Waals surface area contributed by atoms with Gasteiger partial charge in [-0.25, -0.2) is 9.59 Å². The van der Waals surface area contributed by atoms with Crippen LogP contribution >= 0.6 is 0 Å². The van der Waals surface area contributed by atoms with E-state index in [1.54, 1.807) is 0 Å². The zero-order valence-corrected chi connectivity index (χ0v) is 19.3. The van der Waals surface area contributed by atoms with Crippen LogP contribution in [0.15, 0.2) is 48.5 Å². The predicted octanol–water partition coefficient (Wildman–Crippen LogP) is 4.37. The number of carbonyl (C=O) groups excluding carboxylic acids is 2. The quantitative estimate of drug-likeness (QED) is 0.172. The van der Waals surface area contributed by atoms with Gasteiger partial charge in [-0.05, 0) is 38.1 Å². The lowest BCUT2D eigenvalue weighted by atomic mass is 10.1. The molecule has 0 aromatic heterocycles. The van der Waals surface area contributed by atoms with Crippen LogP contribution in [0.25, 0.3) is 0 Å². The van der Waals surface area contributed by atoms with Gasteiger partial charge in [-0.3, -0.25) is 40.5 Å². The van der Waals surface area contributed by atoms with Gasteiger partial charge in [0.1, 0.15) is 11.5 Å². The van der Waals surface area contributed by atoms with Crippen molar-refractivity contribution in [2.24, 2.45) is 0 Å². The Balaban J connectivity index is 1.83. The smallest absolute Gasteiger partial charge is 0.344 e. The molecule has 0 radical (unpaired) electrons. The minimum absolute atomic E-state index is 0.120. The summed E-state index contributed by atoms with van der Waals surface area (Å²) in [6.07, 6.45) is 0. The van der Waals surface area contributed by atoms with Crippen LogP contribution < -0.4 is 9.47 Å². The molecule has 0 fully saturated rings. The largest absolute Gasteiger partial charge is 0.423 e. The summed E-state index contributed by atoms with van der Waals surface area (Å²) in [5.74, 6) is -2.49. The summed E-state index contributed by atoms with van der Waals surface area (Å²) >= 11 is 0. The maximum absolute atomic E-state index is 12.6. The third-order valence-corrected chi connectivity index (χ3v) is 5.23. The van der Waals surface area contributed by atoms with Crippen molar-refractivity contribution < 1.29 is 38.8 Å². The molecule has 16 heteroatoms. The standard InChI is InChI=1S/C22H14N4O12/c1-11-17(7-13(23(29)30)9-19(11)25(33)34)21(27)37-15-3-5-16(6-4-15)38-22(28)18-8-14(24(31)32)10-20(12(18)2)26(35)36/h3-10H,1-2H3. The number of rotatable bonds is 8. The minimum atomic E-state index is -1.13. The van der Waals surface area contributed by atoms with Gasteiger partial charge in [0.15, 0.2) is 0 Å². The number of benzene rings is 3. The number of nitro groups is 4. The first-order valence-corrected chi connectivity index (χ1v) is 10.2. The van der Waals surface area contributed by atoms with Crippen LogP contribution in [-0.4, -0.2) is 31.6 Å². The molecule has 0 atom stereocenters. The second-order valence-electron chi connectivity index (χ2n) is 7.55. The Hall–Kier alpha value is -5.80. The van der Waals surface area contributed by atoms with Gasteiger partial charge >= 0.3 is 11.9 Å². The molecule has 3 aromatic carbocycles. The third kappa shape index (κ3) is 5.54. The number of hydrogen-bond donors (Lipinski definition) is 0. The maximum atomic E-state index is 12.6. The molecule has 0 bridgehead atoms. The topological polar surface area (TPSA) is 225 Å². The highest BCUT2D eigenvalue weighted by molar-refractivity contribution is 5.95. The summed E-state index contributed by atoms with van der Waals surface area (Å²) < 4.78 is 10.2. The highest BCUT2D eigenvalue weighted by Crippen LogP contribution is 2.31. The van der Waals surface area contributed by atoms with E-state index in [1.807, 2.05) is 0 Å². The molecule has 0 aliphatic heterocycles. The summed E-state index contributed by atoms with van der Waals surface area (Å²) in [6.45, 7) is 2.45. The van der Waals surface area contributed by atoms with Crippen LogP contribution in [0.4, 0.5) is 22.7 Å². The van der Waals surface area contributed by atoms with Crippen molar-refractivity contribution in [2.75, 3.05) is 0 Å². The monoisotopic (exact) mass is 526 g/mol. The number of carbonyl (C=O) groups is 2. The average molecular weight is 526 g/mol. The Labute approximate surface area is 210 Å². The van der Waals surface area contributed by atoms with Crippen LogP contribution in [0, 0.1) is 54.3 Å². The third-order valence-electron chi connectivity index (χ3n) is 5.23. The van der Waals surface area contributed by atoms with E-state index >= 15 is 0 Å². The minimum Gasteiger partial charge on any atom is -0.423 e. The maximum Gasteiger partial charge on any atom is 0.344 e. The molecular weight excluding hydrogens is 512 g/mol. The zero-order chi connectivity index (χ0) is 28.3. The number of nitrogens with zero attached hydrogens (tertiary/aromatic N) is 4. The lowest BCUT2D eigenvalue weighted by molar-refractivity contribution is -0.394. The van der Waals surface area contributed by atoms with Gasteiger partial charge < -0.3 is 9.47 Å². The molecule has 0 saturated carbocycles. The van der Waals surface area contributed by atoms with Crippen molar-refractivity contribution in [2.45, 2.75) is 13.8 Å². The van der Waals surface area contributed by atoms with Crippen LogP contribution in [0.1, 0.15) is 31.8 Å². The first-order chi connectivity index (χ1) is 17.8. The molecule has 16 nitrogen and oxygen atoms in total. The number of ether oxygens (including phenoxy) is 2. The molecule has 0 heterocycles. The van der Waals surface area contributed by atoms with Crippen molar-refractivity contribution in [1.82, 2.24) is 0 Å². The summed E-state index contributed by atoms with van der Waals surface area (Å²) in [4.78, 5) is 66.2. The number of nitro benzene ring substituents is 4. The van der Waals surface area contributed by atoms with E-state index < -0.39 is 65.5 Å². The normalized spacial score (nSPS) is 10.4. The highest BCUT2D eigenvalue weighted by Gasteiger charge is 2.27. The molecule has 0 unspecified atom stereocenters. The van der Waals surface area contributed by atoms with Gasteiger partial charge in [0.05, 0.1) is 43.0 Å². The molecule has 0 aliphatic rings. The lowest BCUT2D eigenvalue weighted by Gasteiger charge is -2.09. The van der Waals surface area contributed by atoms with E-state index in [0.29, 0.717) is 12.1 Å². The summed E-state index contributed by atoms with van der Waals surface area (Å²) in [6, 6.07) is 7.78. The van der Waals surface area contributed by atoms with E-state index in [1.165, 1.54) is 38.1 Å². The predicted molar refractivity (Wildman–Crippen MR) is 125 cm³/mol. The van der Waals surface area contributed by atoms with Crippen LogP contribution in [-0.2, 0) is 0 Å². The second-order valence-corrected chi connectivity index (χ2v) is 7.55.